The molecule has 0 fully saturated rings. The van der Waals surface area contributed by atoms with Crippen molar-refractivity contribution in [2.45, 2.75) is 52.1 Å². The molecule has 1 N–H and O–H groups in total. The van der Waals surface area contributed by atoms with Crippen LogP contribution in [-0.2, 0) is 17.6 Å². The van der Waals surface area contributed by atoms with Crippen molar-refractivity contribution in [3.63, 3.8) is 0 Å². The summed E-state index contributed by atoms with van der Waals surface area (Å²) >= 11 is 3.20. The second kappa shape index (κ2) is 7.91. The van der Waals surface area contributed by atoms with Gasteiger partial charge in [0, 0.05) is 10.6 Å². The summed E-state index contributed by atoms with van der Waals surface area (Å²) < 4.78 is 2.00. The van der Waals surface area contributed by atoms with E-state index in [4.69, 9.17) is 4.98 Å². The van der Waals surface area contributed by atoms with E-state index in [2.05, 4.69) is 22.4 Å². The Morgan fingerprint density at radius 3 is 2.97 bits per heavy atom. The van der Waals surface area contributed by atoms with E-state index in [-0.39, 0.29) is 11.7 Å². The van der Waals surface area contributed by atoms with Gasteiger partial charge in [0.2, 0.25) is 5.91 Å². The number of nitrogens with zero attached hydrogens (tertiary/aromatic N) is 4. The molecule has 0 saturated heterocycles. The third-order valence-electron chi connectivity index (χ3n) is 5.94. The first-order valence-electron chi connectivity index (χ1n) is 10.6. The number of aryl methyl sites for hydroxylation is 4. The highest BCUT2D eigenvalue weighted by molar-refractivity contribution is 7.99. The van der Waals surface area contributed by atoms with Gasteiger partial charge in [-0.05, 0) is 68.7 Å². The highest BCUT2D eigenvalue weighted by Gasteiger charge is 2.25. The molecule has 160 valence electrons. The normalized spacial score (nSPS) is 16.1. The first-order chi connectivity index (χ1) is 14.9. The van der Waals surface area contributed by atoms with E-state index < -0.39 is 0 Å². The molecule has 1 amide bonds. The predicted molar refractivity (Wildman–Crippen MR) is 127 cm³/mol. The molecule has 0 radical (unpaired) electrons. The van der Waals surface area contributed by atoms with Gasteiger partial charge in [-0.2, -0.15) is 0 Å². The van der Waals surface area contributed by atoms with Crippen LogP contribution in [0.4, 0.5) is 5.69 Å². The maximum absolute atomic E-state index is 12.6. The molecule has 6 nitrogen and oxygen atoms in total. The largest absolute Gasteiger partial charge is 0.325 e. The van der Waals surface area contributed by atoms with E-state index in [1.54, 1.807) is 11.3 Å². The Balaban J connectivity index is 1.42. The maximum Gasteiger partial charge on any atom is 0.234 e. The molecular weight excluding hydrogens is 426 g/mol. The second-order valence-corrected chi connectivity index (χ2v) is 10.5. The zero-order valence-corrected chi connectivity index (χ0v) is 19.8. The van der Waals surface area contributed by atoms with Crippen molar-refractivity contribution in [1.29, 1.82) is 0 Å². The molecule has 1 aliphatic carbocycles. The number of nitrogens with one attached hydrogen (secondary N) is 1. The number of hydrogen-bond donors (Lipinski definition) is 1. The average Bonchev–Trinajstić information content (AvgIpc) is 3.30. The molecule has 0 bridgehead atoms. The van der Waals surface area contributed by atoms with Crippen molar-refractivity contribution in [3.8, 4) is 0 Å². The van der Waals surface area contributed by atoms with Crippen LogP contribution in [0.1, 0.15) is 40.7 Å². The van der Waals surface area contributed by atoms with Gasteiger partial charge >= 0.3 is 0 Å². The second-order valence-electron chi connectivity index (χ2n) is 8.49. The number of benzene rings is 1. The highest BCUT2D eigenvalue weighted by atomic mass is 32.2. The number of fused-ring (bicyclic) bond motifs is 5. The number of hydrogen-bond acceptors (Lipinski definition) is 6. The van der Waals surface area contributed by atoms with Crippen molar-refractivity contribution >= 4 is 50.6 Å². The summed E-state index contributed by atoms with van der Waals surface area (Å²) in [6.45, 7) is 8.32. The topological polar surface area (TPSA) is 72.2 Å². The Kier molecular flexibility index (Phi) is 5.22. The minimum absolute atomic E-state index is 0.0518. The van der Waals surface area contributed by atoms with E-state index in [0.29, 0.717) is 5.16 Å². The van der Waals surface area contributed by atoms with Gasteiger partial charge in [-0.1, -0.05) is 30.8 Å². The number of aromatic nitrogens is 4. The van der Waals surface area contributed by atoms with Gasteiger partial charge in [-0.25, -0.2) is 4.98 Å². The molecule has 5 rings (SSSR count). The standard InChI is InChI=1S/C23H25N5OS2/c1-12-5-7-14(3)17(9-12)25-19(29)11-30-23-27-26-21-20-16-8-6-13(2)10-18(16)31-22(20)24-15(4)28(21)23/h5,7,9,13H,6,8,10-11H2,1-4H3,(H,25,29). The minimum Gasteiger partial charge on any atom is -0.325 e. The molecule has 0 spiro atoms. The SMILES string of the molecule is Cc1ccc(C)c(NC(=O)CSc2nnc3c4c5c(sc4nc(C)n23)CC(C)CC5)c1. The van der Waals surface area contributed by atoms with Gasteiger partial charge in [0.25, 0.3) is 0 Å². The number of thioether (sulfide) groups is 1. The quantitative estimate of drug-likeness (QED) is 0.436. The van der Waals surface area contributed by atoms with Crippen LogP contribution in [0.2, 0.25) is 0 Å². The van der Waals surface area contributed by atoms with Crippen molar-refractivity contribution in [3.05, 3.63) is 45.6 Å². The fraction of sp³-hybridized carbons (Fsp3) is 0.391. The molecule has 3 heterocycles. The Bertz CT molecular complexity index is 1320. The number of carbonyl (C=O) groups is 1. The van der Waals surface area contributed by atoms with Crippen LogP contribution in [0.3, 0.4) is 0 Å². The van der Waals surface area contributed by atoms with Gasteiger partial charge in [-0.3, -0.25) is 9.20 Å². The lowest BCUT2D eigenvalue weighted by Gasteiger charge is -2.17. The Morgan fingerprint density at radius 2 is 2.13 bits per heavy atom. The molecule has 0 saturated carbocycles. The molecule has 1 aliphatic rings. The van der Waals surface area contributed by atoms with E-state index >= 15 is 0 Å². The molecule has 4 aromatic rings. The van der Waals surface area contributed by atoms with E-state index in [1.807, 2.05) is 43.4 Å². The molecule has 31 heavy (non-hydrogen) atoms. The van der Waals surface area contributed by atoms with Crippen LogP contribution in [0.15, 0.2) is 23.4 Å². The molecule has 8 heteroatoms. The average molecular weight is 452 g/mol. The molecule has 1 unspecified atom stereocenters. The van der Waals surface area contributed by atoms with E-state index in [1.165, 1.54) is 28.6 Å². The van der Waals surface area contributed by atoms with Gasteiger partial charge in [0.15, 0.2) is 10.8 Å². The Hall–Kier alpha value is -2.45. The van der Waals surface area contributed by atoms with Crippen LogP contribution >= 0.6 is 23.1 Å². The molecule has 1 atom stereocenters. The van der Waals surface area contributed by atoms with Crippen molar-refractivity contribution in [1.82, 2.24) is 19.6 Å². The summed E-state index contributed by atoms with van der Waals surface area (Å²) in [6, 6.07) is 6.06. The maximum atomic E-state index is 12.6. The van der Waals surface area contributed by atoms with Crippen LogP contribution in [0.25, 0.3) is 15.9 Å². The monoisotopic (exact) mass is 451 g/mol. The highest BCUT2D eigenvalue weighted by Crippen LogP contribution is 2.39. The fourth-order valence-electron chi connectivity index (χ4n) is 4.25. The lowest BCUT2D eigenvalue weighted by molar-refractivity contribution is -0.113. The molecule has 3 aromatic heterocycles. The van der Waals surface area contributed by atoms with Gasteiger partial charge < -0.3 is 5.32 Å². The third-order valence-corrected chi connectivity index (χ3v) is 8.01. The van der Waals surface area contributed by atoms with Crippen LogP contribution in [-0.4, -0.2) is 31.2 Å². The summed E-state index contributed by atoms with van der Waals surface area (Å²) in [5, 5.41) is 13.8. The number of thiophene rings is 1. The molecule has 1 aromatic carbocycles. The van der Waals surface area contributed by atoms with Crippen molar-refractivity contribution < 1.29 is 4.79 Å². The Morgan fingerprint density at radius 1 is 1.29 bits per heavy atom. The van der Waals surface area contributed by atoms with E-state index in [0.717, 1.165) is 57.3 Å². The lowest BCUT2D eigenvalue weighted by Crippen LogP contribution is -2.15. The third kappa shape index (κ3) is 3.72. The number of carbonyl (C=O) groups excluding carboxylic acids is 1. The summed E-state index contributed by atoms with van der Waals surface area (Å²) in [5.74, 6) is 1.79. The van der Waals surface area contributed by atoms with Crippen LogP contribution in [0.5, 0.6) is 0 Å². The fourth-order valence-corrected chi connectivity index (χ4v) is 6.45. The van der Waals surface area contributed by atoms with Gasteiger partial charge in [0.05, 0.1) is 11.1 Å². The Labute approximate surface area is 189 Å². The van der Waals surface area contributed by atoms with Crippen molar-refractivity contribution in [2.24, 2.45) is 5.92 Å². The lowest BCUT2D eigenvalue weighted by atomic mass is 9.89. The molecule has 0 aliphatic heterocycles. The van der Waals surface area contributed by atoms with Gasteiger partial charge in [-0.15, -0.1) is 21.5 Å². The number of rotatable bonds is 4. The summed E-state index contributed by atoms with van der Waals surface area (Å²) in [4.78, 5) is 20.0. The van der Waals surface area contributed by atoms with Crippen LogP contribution in [0, 0.1) is 26.7 Å². The summed E-state index contributed by atoms with van der Waals surface area (Å²) in [6.07, 6.45) is 3.40. The smallest absolute Gasteiger partial charge is 0.234 e. The minimum atomic E-state index is -0.0518. The molecular formula is C23H25N5OS2. The first kappa shape index (κ1) is 20.5. The zero-order chi connectivity index (χ0) is 21.7. The van der Waals surface area contributed by atoms with Crippen LogP contribution < -0.4 is 5.32 Å². The van der Waals surface area contributed by atoms with Gasteiger partial charge in [0.1, 0.15) is 10.7 Å². The predicted octanol–water partition coefficient (Wildman–Crippen LogP) is 5.12. The number of amides is 1. The zero-order valence-electron chi connectivity index (χ0n) is 18.2. The summed E-state index contributed by atoms with van der Waals surface area (Å²) in [5.41, 5.74) is 5.29. The first-order valence-corrected chi connectivity index (χ1v) is 12.4. The summed E-state index contributed by atoms with van der Waals surface area (Å²) in [7, 11) is 0. The number of anilines is 1. The van der Waals surface area contributed by atoms with Crippen molar-refractivity contribution in [2.75, 3.05) is 11.1 Å². The van der Waals surface area contributed by atoms with E-state index in [9.17, 15) is 4.79 Å².